The van der Waals surface area contributed by atoms with E-state index in [4.69, 9.17) is 0 Å². The third kappa shape index (κ3) is 4.35. The third-order valence-corrected chi connectivity index (χ3v) is 3.86. The molecule has 0 radical (unpaired) electrons. The predicted octanol–water partition coefficient (Wildman–Crippen LogP) is 1.96. The molecule has 1 aromatic rings. The fourth-order valence-electron chi connectivity index (χ4n) is 2.63. The molecule has 1 aromatic carbocycles. The molecule has 1 amide bonds. The van der Waals surface area contributed by atoms with Gasteiger partial charge in [-0.2, -0.15) is 0 Å². The summed E-state index contributed by atoms with van der Waals surface area (Å²) in [4.78, 5) is 11.8. The highest BCUT2D eigenvalue weighted by Crippen LogP contribution is 2.12. The zero-order valence-electron chi connectivity index (χ0n) is 12.0. The van der Waals surface area contributed by atoms with Crippen molar-refractivity contribution >= 4 is 5.91 Å². The Labute approximate surface area is 115 Å². The fourth-order valence-corrected chi connectivity index (χ4v) is 2.63. The van der Waals surface area contributed by atoms with Crippen molar-refractivity contribution in [1.82, 2.24) is 10.6 Å². The van der Waals surface area contributed by atoms with Gasteiger partial charge in [-0.1, -0.05) is 23.8 Å². The Balaban J connectivity index is 1.73. The van der Waals surface area contributed by atoms with Gasteiger partial charge in [-0.25, -0.2) is 0 Å². The number of nitrogens with one attached hydrogen (secondary N) is 2. The van der Waals surface area contributed by atoms with Crippen molar-refractivity contribution in [1.29, 1.82) is 0 Å². The predicted molar refractivity (Wildman–Crippen MR) is 78.2 cm³/mol. The summed E-state index contributed by atoms with van der Waals surface area (Å²) >= 11 is 0. The molecule has 1 aliphatic heterocycles. The molecule has 3 heteroatoms. The summed E-state index contributed by atoms with van der Waals surface area (Å²) < 4.78 is 0. The van der Waals surface area contributed by atoms with Crippen LogP contribution in [0.1, 0.15) is 29.5 Å². The van der Waals surface area contributed by atoms with Crippen LogP contribution in [0.2, 0.25) is 0 Å². The number of hydrogen-bond acceptors (Lipinski definition) is 2. The van der Waals surface area contributed by atoms with Crippen LogP contribution in [0.25, 0.3) is 0 Å². The molecule has 1 atom stereocenters. The monoisotopic (exact) mass is 260 g/mol. The summed E-state index contributed by atoms with van der Waals surface area (Å²) in [5.74, 6) is 0.722. The molecule has 19 heavy (non-hydrogen) atoms. The largest absolute Gasteiger partial charge is 0.356 e. The topological polar surface area (TPSA) is 41.1 Å². The normalized spacial score (nSPS) is 18.5. The van der Waals surface area contributed by atoms with Gasteiger partial charge in [0.25, 0.3) is 0 Å². The zero-order valence-corrected chi connectivity index (χ0v) is 12.0. The Hall–Kier alpha value is -1.35. The van der Waals surface area contributed by atoms with Gasteiger partial charge in [0.15, 0.2) is 0 Å². The number of aryl methyl sites for hydroxylation is 2. The Morgan fingerprint density at radius 1 is 1.42 bits per heavy atom. The van der Waals surface area contributed by atoms with Gasteiger partial charge in [-0.15, -0.1) is 0 Å². The summed E-state index contributed by atoms with van der Waals surface area (Å²) in [6, 6.07) is 6.49. The molecule has 2 rings (SSSR count). The molecule has 0 aliphatic carbocycles. The van der Waals surface area contributed by atoms with E-state index < -0.39 is 0 Å². The van der Waals surface area contributed by atoms with Crippen LogP contribution in [0.5, 0.6) is 0 Å². The maximum Gasteiger partial charge on any atom is 0.220 e. The van der Waals surface area contributed by atoms with E-state index in [0.717, 1.165) is 32.5 Å². The van der Waals surface area contributed by atoms with Crippen LogP contribution in [0.15, 0.2) is 18.2 Å². The highest BCUT2D eigenvalue weighted by atomic mass is 16.1. The standard InChI is InChI=1S/C16H24N2O/c1-12-3-4-13(2)15(9-12)6-8-18-16(19)10-14-5-7-17-11-14/h3-4,9,14,17H,5-8,10-11H2,1-2H3,(H,18,19). The third-order valence-electron chi connectivity index (χ3n) is 3.86. The lowest BCUT2D eigenvalue weighted by molar-refractivity contribution is -0.121. The summed E-state index contributed by atoms with van der Waals surface area (Å²) in [6.45, 7) is 7.02. The number of carbonyl (C=O) groups excluding carboxylic acids is 1. The molecule has 0 saturated carbocycles. The maximum atomic E-state index is 11.8. The van der Waals surface area contributed by atoms with E-state index in [-0.39, 0.29) is 5.91 Å². The fraction of sp³-hybridized carbons (Fsp3) is 0.562. The second kappa shape index (κ2) is 6.71. The van der Waals surface area contributed by atoms with Crippen molar-refractivity contribution in [2.24, 2.45) is 5.92 Å². The van der Waals surface area contributed by atoms with Gasteiger partial charge in [-0.3, -0.25) is 4.79 Å². The molecule has 0 spiro atoms. The first kappa shape index (κ1) is 14.1. The van der Waals surface area contributed by atoms with E-state index in [2.05, 4.69) is 42.7 Å². The number of amides is 1. The molecule has 1 fully saturated rings. The lowest BCUT2D eigenvalue weighted by Gasteiger charge is -2.10. The zero-order chi connectivity index (χ0) is 13.7. The molecular formula is C16H24N2O. The van der Waals surface area contributed by atoms with Crippen molar-refractivity contribution in [2.45, 2.75) is 33.1 Å². The minimum Gasteiger partial charge on any atom is -0.356 e. The van der Waals surface area contributed by atoms with Gasteiger partial charge in [-0.05, 0) is 56.8 Å². The van der Waals surface area contributed by atoms with E-state index in [1.54, 1.807) is 0 Å². The first-order valence-corrected chi connectivity index (χ1v) is 7.18. The average molecular weight is 260 g/mol. The van der Waals surface area contributed by atoms with Crippen LogP contribution in [-0.4, -0.2) is 25.5 Å². The number of hydrogen-bond donors (Lipinski definition) is 2. The van der Waals surface area contributed by atoms with Crippen molar-refractivity contribution in [3.05, 3.63) is 34.9 Å². The molecular weight excluding hydrogens is 236 g/mol. The minimum absolute atomic E-state index is 0.194. The van der Waals surface area contributed by atoms with Crippen LogP contribution in [0, 0.1) is 19.8 Å². The Morgan fingerprint density at radius 2 is 2.26 bits per heavy atom. The molecule has 1 heterocycles. The SMILES string of the molecule is Cc1ccc(C)c(CCNC(=O)CC2CCNC2)c1. The van der Waals surface area contributed by atoms with E-state index in [1.807, 2.05) is 0 Å². The van der Waals surface area contributed by atoms with Crippen LogP contribution in [0.3, 0.4) is 0 Å². The Bertz CT molecular complexity index is 436. The summed E-state index contributed by atoms with van der Waals surface area (Å²) in [6.07, 6.45) is 2.71. The molecule has 104 valence electrons. The maximum absolute atomic E-state index is 11.8. The lowest BCUT2D eigenvalue weighted by atomic mass is 10.0. The van der Waals surface area contributed by atoms with Gasteiger partial charge in [0.05, 0.1) is 0 Å². The Kier molecular flexibility index (Phi) is 4.97. The summed E-state index contributed by atoms with van der Waals surface area (Å²) in [5.41, 5.74) is 3.92. The molecule has 2 N–H and O–H groups in total. The van der Waals surface area contributed by atoms with Crippen LogP contribution < -0.4 is 10.6 Å². The van der Waals surface area contributed by atoms with Gasteiger partial charge >= 0.3 is 0 Å². The summed E-state index contributed by atoms with van der Waals surface area (Å²) in [7, 11) is 0. The van der Waals surface area contributed by atoms with E-state index in [9.17, 15) is 4.79 Å². The first-order chi connectivity index (χ1) is 9.15. The van der Waals surface area contributed by atoms with Crippen LogP contribution >= 0.6 is 0 Å². The van der Waals surface area contributed by atoms with Crippen molar-refractivity contribution in [2.75, 3.05) is 19.6 Å². The summed E-state index contributed by atoms with van der Waals surface area (Å²) in [5, 5.41) is 6.33. The number of rotatable bonds is 5. The van der Waals surface area contributed by atoms with Gasteiger partial charge in [0.2, 0.25) is 5.91 Å². The lowest BCUT2D eigenvalue weighted by Crippen LogP contribution is -2.28. The van der Waals surface area contributed by atoms with E-state index in [1.165, 1.54) is 16.7 Å². The molecule has 1 saturated heterocycles. The second-order valence-electron chi connectivity index (χ2n) is 5.59. The molecule has 3 nitrogen and oxygen atoms in total. The number of carbonyl (C=O) groups is 1. The van der Waals surface area contributed by atoms with Gasteiger partial charge in [0.1, 0.15) is 0 Å². The van der Waals surface area contributed by atoms with E-state index in [0.29, 0.717) is 12.3 Å². The van der Waals surface area contributed by atoms with Crippen LogP contribution in [0.4, 0.5) is 0 Å². The van der Waals surface area contributed by atoms with Crippen LogP contribution in [-0.2, 0) is 11.2 Å². The highest BCUT2D eigenvalue weighted by molar-refractivity contribution is 5.76. The Morgan fingerprint density at radius 3 is 3.00 bits per heavy atom. The highest BCUT2D eigenvalue weighted by Gasteiger charge is 2.17. The molecule has 1 unspecified atom stereocenters. The first-order valence-electron chi connectivity index (χ1n) is 7.18. The van der Waals surface area contributed by atoms with Gasteiger partial charge in [0, 0.05) is 13.0 Å². The number of benzene rings is 1. The minimum atomic E-state index is 0.194. The van der Waals surface area contributed by atoms with Crippen molar-refractivity contribution < 1.29 is 4.79 Å². The second-order valence-corrected chi connectivity index (χ2v) is 5.59. The van der Waals surface area contributed by atoms with Crippen molar-refractivity contribution in [3.8, 4) is 0 Å². The smallest absolute Gasteiger partial charge is 0.220 e. The molecule has 0 bridgehead atoms. The van der Waals surface area contributed by atoms with Gasteiger partial charge < -0.3 is 10.6 Å². The van der Waals surface area contributed by atoms with E-state index >= 15 is 0 Å². The quantitative estimate of drug-likeness (QED) is 0.850. The molecule has 0 aromatic heterocycles. The van der Waals surface area contributed by atoms with Crippen molar-refractivity contribution in [3.63, 3.8) is 0 Å². The average Bonchev–Trinajstić information content (AvgIpc) is 2.86. The molecule has 1 aliphatic rings.